The van der Waals surface area contributed by atoms with Gasteiger partial charge in [-0.25, -0.2) is 9.78 Å². The molecule has 8 nitrogen and oxygen atoms in total. The van der Waals surface area contributed by atoms with Crippen molar-refractivity contribution in [1.82, 2.24) is 15.2 Å². The number of hydrogen-bond donors (Lipinski definition) is 3. The molecular weight excluding hydrogens is 406 g/mol. The van der Waals surface area contributed by atoms with E-state index in [-0.39, 0.29) is 23.7 Å². The quantitative estimate of drug-likeness (QED) is 0.644. The number of para-hydroxylation sites is 1. The van der Waals surface area contributed by atoms with E-state index in [2.05, 4.69) is 20.9 Å². The van der Waals surface area contributed by atoms with Gasteiger partial charge in [0.2, 0.25) is 11.8 Å². The highest BCUT2D eigenvalue weighted by molar-refractivity contribution is 5.94. The second-order valence-corrected chi connectivity index (χ2v) is 8.49. The minimum Gasteiger partial charge on any atom is -0.341 e. The second-order valence-electron chi connectivity index (χ2n) is 8.49. The number of aryl methyl sites for hydroxylation is 1. The third-order valence-corrected chi connectivity index (χ3v) is 5.60. The third kappa shape index (κ3) is 6.29. The molecule has 2 aromatic rings. The van der Waals surface area contributed by atoms with Crippen LogP contribution in [0.5, 0.6) is 0 Å². The molecule has 2 heterocycles. The maximum Gasteiger partial charge on any atom is 0.319 e. The van der Waals surface area contributed by atoms with E-state index >= 15 is 0 Å². The number of piperidine rings is 1. The molecule has 0 aliphatic carbocycles. The van der Waals surface area contributed by atoms with Gasteiger partial charge in [-0.05, 0) is 55.5 Å². The number of rotatable bonds is 6. The first-order valence-electron chi connectivity index (χ1n) is 11.0. The van der Waals surface area contributed by atoms with Gasteiger partial charge in [0.25, 0.3) is 0 Å². The summed E-state index contributed by atoms with van der Waals surface area (Å²) in [7, 11) is 0. The number of aromatic nitrogens is 1. The van der Waals surface area contributed by atoms with E-state index in [4.69, 9.17) is 0 Å². The maximum atomic E-state index is 13.1. The van der Waals surface area contributed by atoms with E-state index in [0.29, 0.717) is 37.4 Å². The molecule has 1 aliphatic heterocycles. The Morgan fingerprint density at radius 2 is 1.72 bits per heavy atom. The number of carbonyl (C=O) groups excluding carboxylic acids is 3. The van der Waals surface area contributed by atoms with E-state index in [1.165, 1.54) is 0 Å². The maximum absolute atomic E-state index is 13.1. The standard InChI is InChI=1S/C24H31N5O3/c1-16(2)21(28-24(32)26-19-7-5-4-6-8-19)23(31)29-13-10-18(11-14-29)22(30)27-20-15-17(3)9-12-25-20/h4-9,12,15-16,18,21H,10-11,13-14H2,1-3H3,(H,25,27,30)(H2,26,28,32). The number of urea groups is 1. The smallest absolute Gasteiger partial charge is 0.319 e. The zero-order chi connectivity index (χ0) is 23.1. The van der Waals surface area contributed by atoms with Crippen molar-refractivity contribution in [2.75, 3.05) is 23.7 Å². The van der Waals surface area contributed by atoms with Gasteiger partial charge < -0.3 is 20.9 Å². The van der Waals surface area contributed by atoms with Crippen LogP contribution in [0.1, 0.15) is 32.3 Å². The lowest BCUT2D eigenvalue weighted by Gasteiger charge is -2.35. The number of hydrogen-bond acceptors (Lipinski definition) is 4. The second kappa shape index (κ2) is 10.7. The van der Waals surface area contributed by atoms with Crippen molar-refractivity contribution in [3.8, 4) is 0 Å². The molecule has 1 unspecified atom stereocenters. The van der Waals surface area contributed by atoms with Crippen LogP contribution in [0, 0.1) is 18.8 Å². The summed E-state index contributed by atoms with van der Waals surface area (Å²) >= 11 is 0. The molecule has 1 aliphatic rings. The van der Waals surface area contributed by atoms with Crippen molar-refractivity contribution in [2.24, 2.45) is 11.8 Å². The van der Waals surface area contributed by atoms with Crippen molar-refractivity contribution in [3.63, 3.8) is 0 Å². The van der Waals surface area contributed by atoms with Gasteiger partial charge in [-0.1, -0.05) is 32.0 Å². The van der Waals surface area contributed by atoms with Crippen molar-refractivity contribution < 1.29 is 14.4 Å². The minimum absolute atomic E-state index is 0.0718. The molecule has 4 amide bonds. The fourth-order valence-corrected chi connectivity index (χ4v) is 3.74. The van der Waals surface area contributed by atoms with E-state index in [0.717, 1.165) is 5.56 Å². The molecule has 8 heteroatoms. The van der Waals surface area contributed by atoms with Gasteiger partial charge in [0.1, 0.15) is 11.9 Å². The molecule has 1 saturated heterocycles. The summed E-state index contributed by atoms with van der Waals surface area (Å²) in [4.78, 5) is 44.0. The van der Waals surface area contributed by atoms with Gasteiger partial charge in [-0.3, -0.25) is 9.59 Å². The van der Waals surface area contributed by atoms with Gasteiger partial charge in [0, 0.05) is 30.9 Å². The summed E-state index contributed by atoms with van der Waals surface area (Å²) in [5.41, 5.74) is 1.69. The molecule has 1 fully saturated rings. The van der Waals surface area contributed by atoms with Crippen LogP contribution in [-0.2, 0) is 9.59 Å². The summed E-state index contributed by atoms with van der Waals surface area (Å²) in [5.74, 6) is 0.103. The van der Waals surface area contributed by atoms with Crippen LogP contribution in [-0.4, -0.2) is 46.9 Å². The first kappa shape index (κ1) is 23.2. The zero-order valence-electron chi connectivity index (χ0n) is 18.8. The van der Waals surface area contributed by atoms with Crippen molar-refractivity contribution in [2.45, 2.75) is 39.7 Å². The van der Waals surface area contributed by atoms with E-state index in [1.54, 1.807) is 23.2 Å². The highest BCUT2D eigenvalue weighted by Gasteiger charge is 2.33. The van der Waals surface area contributed by atoms with Crippen molar-refractivity contribution in [1.29, 1.82) is 0 Å². The average Bonchev–Trinajstić information content (AvgIpc) is 2.77. The minimum atomic E-state index is -0.638. The lowest BCUT2D eigenvalue weighted by Crippen LogP contribution is -2.54. The highest BCUT2D eigenvalue weighted by atomic mass is 16.2. The largest absolute Gasteiger partial charge is 0.341 e. The Bertz CT molecular complexity index is 940. The number of nitrogens with zero attached hydrogens (tertiary/aromatic N) is 2. The van der Waals surface area contributed by atoms with Crippen LogP contribution in [0.3, 0.4) is 0 Å². The highest BCUT2D eigenvalue weighted by Crippen LogP contribution is 2.21. The zero-order valence-corrected chi connectivity index (χ0v) is 18.8. The number of nitrogens with one attached hydrogen (secondary N) is 3. The number of likely N-dealkylation sites (tertiary alicyclic amines) is 1. The van der Waals surface area contributed by atoms with E-state index in [9.17, 15) is 14.4 Å². The molecule has 0 bridgehead atoms. The van der Waals surface area contributed by atoms with Gasteiger partial charge >= 0.3 is 6.03 Å². The van der Waals surface area contributed by atoms with Crippen LogP contribution in [0.4, 0.5) is 16.3 Å². The van der Waals surface area contributed by atoms with E-state index < -0.39 is 12.1 Å². The van der Waals surface area contributed by atoms with Crippen LogP contribution in [0.15, 0.2) is 48.7 Å². The molecule has 3 rings (SSSR count). The molecule has 1 atom stereocenters. The molecule has 0 spiro atoms. The average molecular weight is 438 g/mol. The summed E-state index contributed by atoms with van der Waals surface area (Å²) in [6, 6.07) is 11.7. The molecule has 1 aromatic carbocycles. The molecule has 1 aromatic heterocycles. The SMILES string of the molecule is Cc1ccnc(NC(=O)C2CCN(C(=O)C(NC(=O)Nc3ccccc3)C(C)C)CC2)c1. The number of pyridine rings is 1. The Morgan fingerprint density at radius 1 is 1.03 bits per heavy atom. The Hall–Kier alpha value is -3.42. The number of amides is 4. The first-order chi connectivity index (χ1) is 15.3. The third-order valence-electron chi connectivity index (χ3n) is 5.60. The monoisotopic (exact) mass is 437 g/mol. The van der Waals surface area contributed by atoms with Crippen LogP contribution in [0.2, 0.25) is 0 Å². The molecule has 32 heavy (non-hydrogen) atoms. The van der Waals surface area contributed by atoms with Gasteiger partial charge in [0.15, 0.2) is 0 Å². The predicted octanol–water partition coefficient (Wildman–Crippen LogP) is 3.41. The fraction of sp³-hybridized carbons (Fsp3) is 0.417. The van der Waals surface area contributed by atoms with Crippen LogP contribution < -0.4 is 16.0 Å². The molecule has 0 saturated carbocycles. The Kier molecular flexibility index (Phi) is 7.81. The molecular formula is C24H31N5O3. The van der Waals surface area contributed by atoms with Crippen LogP contribution >= 0.6 is 0 Å². The number of carbonyl (C=O) groups is 3. The molecule has 170 valence electrons. The van der Waals surface area contributed by atoms with Gasteiger partial charge in [-0.2, -0.15) is 0 Å². The van der Waals surface area contributed by atoms with Gasteiger partial charge in [0.05, 0.1) is 0 Å². The fourth-order valence-electron chi connectivity index (χ4n) is 3.74. The summed E-state index contributed by atoms with van der Waals surface area (Å²) < 4.78 is 0. The first-order valence-corrected chi connectivity index (χ1v) is 11.0. The van der Waals surface area contributed by atoms with Crippen molar-refractivity contribution in [3.05, 3.63) is 54.2 Å². The summed E-state index contributed by atoms with van der Waals surface area (Å²) in [6.07, 6.45) is 2.81. The van der Waals surface area contributed by atoms with E-state index in [1.807, 2.05) is 51.1 Å². The Labute approximate surface area is 188 Å². The predicted molar refractivity (Wildman–Crippen MR) is 124 cm³/mol. The Morgan fingerprint density at radius 3 is 2.34 bits per heavy atom. The topological polar surface area (TPSA) is 103 Å². The Balaban J connectivity index is 1.52. The number of anilines is 2. The molecule has 3 N–H and O–H groups in total. The van der Waals surface area contributed by atoms with Crippen LogP contribution in [0.25, 0.3) is 0 Å². The lowest BCUT2D eigenvalue weighted by atomic mass is 9.94. The normalized spacial score (nSPS) is 15.2. The summed E-state index contributed by atoms with van der Waals surface area (Å²) in [6.45, 7) is 6.70. The number of benzene rings is 1. The lowest BCUT2D eigenvalue weighted by molar-refractivity contribution is -0.137. The van der Waals surface area contributed by atoms with Gasteiger partial charge in [-0.15, -0.1) is 0 Å². The summed E-state index contributed by atoms with van der Waals surface area (Å²) in [5, 5.41) is 8.43. The molecule has 0 radical (unpaired) electrons. The van der Waals surface area contributed by atoms with Crippen molar-refractivity contribution >= 4 is 29.4 Å².